The van der Waals surface area contributed by atoms with Crippen LogP contribution in [0.2, 0.25) is 5.02 Å². The van der Waals surface area contributed by atoms with E-state index >= 15 is 0 Å². The van der Waals surface area contributed by atoms with Crippen molar-refractivity contribution in [1.82, 2.24) is 4.98 Å². The van der Waals surface area contributed by atoms with E-state index in [4.69, 9.17) is 17.3 Å². The van der Waals surface area contributed by atoms with Gasteiger partial charge in [0.2, 0.25) is 0 Å². The van der Waals surface area contributed by atoms with Gasteiger partial charge in [-0.3, -0.25) is 4.98 Å². The van der Waals surface area contributed by atoms with Crippen molar-refractivity contribution < 1.29 is 0 Å². The molecule has 0 amide bonds. The molecular formula is C15H14BrClN2. The van der Waals surface area contributed by atoms with E-state index < -0.39 is 0 Å². The van der Waals surface area contributed by atoms with Gasteiger partial charge in [0.15, 0.2) is 0 Å². The summed E-state index contributed by atoms with van der Waals surface area (Å²) < 4.78 is 0.971. The number of benzene rings is 1. The molecule has 4 heteroatoms. The summed E-state index contributed by atoms with van der Waals surface area (Å²) in [5.41, 5.74) is 9.87. The van der Waals surface area contributed by atoms with Gasteiger partial charge in [0.1, 0.15) is 0 Å². The molecule has 2 unspecified atom stereocenters. The minimum absolute atomic E-state index is 0.100. The number of rotatable bonds is 2. The summed E-state index contributed by atoms with van der Waals surface area (Å²) in [5, 5.41) is 0.714. The summed E-state index contributed by atoms with van der Waals surface area (Å²) in [6.07, 6.45) is 3.93. The molecule has 1 aliphatic rings. The Morgan fingerprint density at radius 3 is 3.00 bits per heavy atom. The minimum Gasteiger partial charge on any atom is -0.323 e. The van der Waals surface area contributed by atoms with Crippen LogP contribution in [-0.4, -0.2) is 4.98 Å². The molecule has 3 rings (SSSR count). The van der Waals surface area contributed by atoms with Gasteiger partial charge in [-0.05, 0) is 42.2 Å². The van der Waals surface area contributed by atoms with Gasteiger partial charge >= 0.3 is 0 Å². The molecule has 1 heterocycles. The first-order chi connectivity index (χ1) is 9.16. The number of hydrogen-bond acceptors (Lipinski definition) is 2. The number of pyridine rings is 1. The number of nitrogens with zero attached hydrogens (tertiary/aromatic N) is 1. The number of hydrogen-bond donors (Lipinski definition) is 1. The van der Waals surface area contributed by atoms with E-state index in [9.17, 15) is 0 Å². The highest BCUT2D eigenvalue weighted by Crippen LogP contribution is 2.41. The maximum absolute atomic E-state index is 6.43. The van der Waals surface area contributed by atoms with Gasteiger partial charge in [-0.2, -0.15) is 0 Å². The van der Waals surface area contributed by atoms with Crippen molar-refractivity contribution in [2.45, 2.75) is 24.8 Å². The Morgan fingerprint density at radius 2 is 2.21 bits per heavy atom. The summed E-state index contributed by atoms with van der Waals surface area (Å²) >= 11 is 9.72. The summed E-state index contributed by atoms with van der Waals surface area (Å²) in [7, 11) is 0. The van der Waals surface area contributed by atoms with Crippen LogP contribution in [0.1, 0.15) is 35.2 Å². The zero-order chi connectivity index (χ0) is 13.4. The van der Waals surface area contributed by atoms with Crippen LogP contribution in [0.5, 0.6) is 0 Å². The molecule has 0 aliphatic heterocycles. The van der Waals surface area contributed by atoms with Gasteiger partial charge in [-0.25, -0.2) is 0 Å². The Bertz CT molecular complexity index is 615. The normalized spacial score (nSPS) is 19.2. The second-order valence-corrected chi connectivity index (χ2v) is 6.21. The lowest BCUT2D eigenvalue weighted by Crippen LogP contribution is -2.19. The van der Waals surface area contributed by atoms with E-state index in [0.717, 1.165) is 28.6 Å². The van der Waals surface area contributed by atoms with Gasteiger partial charge in [0.05, 0.1) is 0 Å². The molecule has 0 fully saturated rings. The van der Waals surface area contributed by atoms with Gasteiger partial charge in [0.25, 0.3) is 0 Å². The summed E-state index contributed by atoms with van der Waals surface area (Å²) in [4.78, 5) is 4.50. The van der Waals surface area contributed by atoms with E-state index in [1.165, 1.54) is 5.56 Å². The lowest BCUT2D eigenvalue weighted by Gasteiger charge is -2.21. The molecule has 2 aromatic rings. The fourth-order valence-electron chi connectivity index (χ4n) is 2.78. The monoisotopic (exact) mass is 336 g/mol. The molecule has 0 radical (unpaired) electrons. The first-order valence-electron chi connectivity index (χ1n) is 6.31. The van der Waals surface area contributed by atoms with Gasteiger partial charge in [0, 0.05) is 33.3 Å². The second kappa shape index (κ2) is 5.23. The Kier molecular flexibility index (Phi) is 3.61. The second-order valence-electron chi connectivity index (χ2n) is 4.88. The van der Waals surface area contributed by atoms with Crippen LogP contribution < -0.4 is 5.73 Å². The fourth-order valence-corrected chi connectivity index (χ4v) is 3.58. The van der Waals surface area contributed by atoms with Crippen LogP contribution in [-0.2, 0) is 6.42 Å². The van der Waals surface area contributed by atoms with Crippen molar-refractivity contribution in [3.63, 3.8) is 0 Å². The third-order valence-electron chi connectivity index (χ3n) is 3.76. The number of fused-ring (bicyclic) bond motifs is 1. The lowest BCUT2D eigenvalue weighted by molar-refractivity contribution is 0.541. The third kappa shape index (κ3) is 2.42. The fraction of sp³-hybridized carbons (Fsp3) is 0.267. The average molecular weight is 338 g/mol. The molecule has 2 nitrogen and oxygen atoms in total. The highest BCUT2D eigenvalue weighted by molar-refractivity contribution is 9.10. The van der Waals surface area contributed by atoms with E-state index in [2.05, 4.69) is 27.0 Å². The summed E-state index contributed by atoms with van der Waals surface area (Å²) in [6.45, 7) is 0. The molecule has 2 atom stereocenters. The van der Waals surface area contributed by atoms with Crippen molar-refractivity contribution in [2.24, 2.45) is 5.73 Å². The molecule has 2 N–H and O–H groups in total. The number of halogens is 2. The Morgan fingerprint density at radius 1 is 1.37 bits per heavy atom. The predicted octanol–water partition coefficient (Wildman–Crippen LogP) is 4.23. The topological polar surface area (TPSA) is 38.9 Å². The molecule has 1 aromatic carbocycles. The van der Waals surface area contributed by atoms with E-state index in [1.807, 2.05) is 30.5 Å². The van der Waals surface area contributed by atoms with Crippen LogP contribution in [0, 0.1) is 0 Å². The zero-order valence-corrected chi connectivity index (χ0v) is 12.7. The summed E-state index contributed by atoms with van der Waals surface area (Å²) in [5.74, 6) is 0.259. The van der Waals surface area contributed by atoms with Crippen LogP contribution in [0.25, 0.3) is 0 Å². The Balaban J connectivity index is 1.95. The smallest absolute Gasteiger partial charge is 0.0485 e. The van der Waals surface area contributed by atoms with Crippen molar-refractivity contribution in [2.75, 3.05) is 0 Å². The molecule has 98 valence electrons. The largest absolute Gasteiger partial charge is 0.323 e. The van der Waals surface area contributed by atoms with Gasteiger partial charge in [-0.1, -0.05) is 39.7 Å². The Labute approximate surface area is 126 Å². The molecular weight excluding hydrogens is 324 g/mol. The highest BCUT2D eigenvalue weighted by atomic mass is 79.9. The van der Waals surface area contributed by atoms with Gasteiger partial charge < -0.3 is 5.73 Å². The molecule has 0 spiro atoms. The molecule has 0 saturated heterocycles. The maximum atomic E-state index is 6.43. The van der Waals surface area contributed by atoms with Crippen molar-refractivity contribution in [3.8, 4) is 0 Å². The average Bonchev–Trinajstić information content (AvgIpc) is 2.82. The number of nitrogens with two attached hydrogens (primary N) is 1. The lowest BCUT2D eigenvalue weighted by atomic mass is 9.91. The minimum atomic E-state index is -0.100. The summed E-state index contributed by atoms with van der Waals surface area (Å²) in [6, 6.07) is 9.90. The number of aryl methyl sites for hydroxylation is 1. The van der Waals surface area contributed by atoms with Crippen LogP contribution >= 0.6 is 27.5 Å². The maximum Gasteiger partial charge on any atom is 0.0485 e. The molecule has 0 bridgehead atoms. The van der Waals surface area contributed by atoms with Crippen molar-refractivity contribution >= 4 is 27.5 Å². The number of aromatic nitrogens is 1. The van der Waals surface area contributed by atoms with Crippen LogP contribution in [0.3, 0.4) is 0 Å². The predicted molar refractivity (Wildman–Crippen MR) is 81.4 cm³/mol. The SMILES string of the molecule is NC(c1ccc(Br)cc1Cl)C1CCc2cccnc21. The molecule has 1 aromatic heterocycles. The zero-order valence-electron chi connectivity index (χ0n) is 10.3. The molecule has 0 saturated carbocycles. The van der Waals surface area contributed by atoms with Crippen molar-refractivity contribution in [3.05, 3.63) is 62.8 Å². The first kappa shape index (κ1) is 13.1. The van der Waals surface area contributed by atoms with Crippen LogP contribution in [0.15, 0.2) is 41.0 Å². The quantitative estimate of drug-likeness (QED) is 0.891. The van der Waals surface area contributed by atoms with Crippen LogP contribution in [0.4, 0.5) is 0 Å². The third-order valence-corrected chi connectivity index (χ3v) is 4.58. The van der Waals surface area contributed by atoms with E-state index in [0.29, 0.717) is 5.02 Å². The highest BCUT2D eigenvalue weighted by Gasteiger charge is 2.30. The first-order valence-corrected chi connectivity index (χ1v) is 7.48. The van der Waals surface area contributed by atoms with Crippen molar-refractivity contribution in [1.29, 1.82) is 0 Å². The standard InChI is InChI=1S/C15H14BrClN2/c16-10-4-6-11(13(17)8-10)14(18)12-5-3-9-2-1-7-19-15(9)12/h1-2,4,6-8,12,14H,3,5,18H2. The Hall–Kier alpha value is -0.900. The molecule has 19 heavy (non-hydrogen) atoms. The van der Waals surface area contributed by atoms with Gasteiger partial charge in [-0.15, -0.1) is 0 Å². The molecule has 1 aliphatic carbocycles. The van der Waals surface area contributed by atoms with E-state index in [1.54, 1.807) is 0 Å². The van der Waals surface area contributed by atoms with E-state index in [-0.39, 0.29) is 12.0 Å².